The molecule has 0 radical (unpaired) electrons. The molecule has 0 saturated carbocycles. The van der Waals surface area contributed by atoms with Crippen molar-refractivity contribution in [2.24, 2.45) is 0 Å². The summed E-state index contributed by atoms with van der Waals surface area (Å²) >= 11 is 0. The summed E-state index contributed by atoms with van der Waals surface area (Å²) in [6.07, 6.45) is 6.31. The number of nitrogens with one attached hydrogen (secondary N) is 1. The Hall–Kier alpha value is -2.65. The SMILES string of the molecule is CCCCS(=O)(=O)NC(Cc1ccc(OCCCCOc2ccncc2)cc1)C(=O)O. The maximum atomic E-state index is 12.0. The van der Waals surface area contributed by atoms with Crippen LogP contribution >= 0.6 is 0 Å². The molecule has 170 valence electrons. The van der Waals surface area contributed by atoms with E-state index in [2.05, 4.69) is 9.71 Å². The van der Waals surface area contributed by atoms with Crippen molar-refractivity contribution in [3.63, 3.8) is 0 Å². The van der Waals surface area contributed by atoms with E-state index in [1.807, 2.05) is 19.1 Å². The van der Waals surface area contributed by atoms with Gasteiger partial charge in [-0.05, 0) is 55.5 Å². The number of nitrogens with zero attached hydrogens (tertiary/aromatic N) is 1. The van der Waals surface area contributed by atoms with Gasteiger partial charge in [-0.25, -0.2) is 13.1 Å². The fourth-order valence-electron chi connectivity index (χ4n) is 2.77. The average Bonchev–Trinajstić information content (AvgIpc) is 2.76. The van der Waals surface area contributed by atoms with Gasteiger partial charge in [-0.1, -0.05) is 25.5 Å². The number of rotatable bonds is 15. The molecule has 0 aliphatic rings. The van der Waals surface area contributed by atoms with Crippen molar-refractivity contribution in [3.8, 4) is 11.5 Å². The smallest absolute Gasteiger partial charge is 0.322 e. The minimum atomic E-state index is -3.62. The van der Waals surface area contributed by atoms with E-state index in [-0.39, 0.29) is 12.2 Å². The predicted molar refractivity (Wildman–Crippen MR) is 118 cm³/mol. The van der Waals surface area contributed by atoms with Crippen LogP contribution in [0.1, 0.15) is 38.2 Å². The molecule has 0 aliphatic heterocycles. The van der Waals surface area contributed by atoms with Crippen LogP contribution in [0.4, 0.5) is 0 Å². The minimum Gasteiger partial charge on any atom is -0.494 e. The van der Waals surface area contributed by atoms with E-state index >= 15 is 0 Å². The van der Waals surface area contributed by atoms with Crippen molar-refractivity contribution in [1.29, 1.82) is 0 Å². The largest absolute Gasteiger partial charge is 0.494 e. The Morgan fingerprint density at radius 2 is 1.58 bits per heavy atom. The van der Waals surface area contributed by atoms with Gasteiger partial charge in [0, 0.05) is 12.4 Å². The van der Waals surface area contributed by atoms with E-state index in [0.717, 1.165) is 25.0 Å². The van der Waals surface area contributed by atoms with Crippen molar-refractivity contribution < 1.29 is 27.8 Å². The maximum Gasteiger partial charge on any atom is 0.322 e. The maximum absolute atomic E-state index is 12.0. The summed E-state index contributed by atoms with van der Waals surface area (Å²) in [5.41, 5.74) is 0.712. The van der Waals surface area contributed by atoms with Crippen LogP contribution in [0.2, 0.25) is 0 Å². The number of sulfonamides is 1. The lowest BCUT2D eigenvalue weighted by molar-refractivity contribution is -0.138. The molecule has 1 unspecified atom stereocenters. The van der Waals surface area contributed by atoms with Gasteiger partial charge in [-0.2, -0.15) is 0 Å². The summed E-state index contributed by atoms with van der Waals surface area (Å²) in [6, 6.07) is 9.43. The van der Waals surface area contributed by atoms with Crippen LogP contribution < -0.4 is 14.2 Å². The first kappa shape index (κ1) is 24.6. The molecule has 1 heterocycles. The Bertz CT molecular complexity index is 888. The quantitative estimate of drug-likeness (QED) is 0.401. The zero-order valence-electron chi connectivity index (χ0n) is 17.7. The third kappa shape index (κ3) is 9.80. The molecule has 1 atom stereocenters. The molecule has 0 amide bonds. The summed E-state index contributed by atoms with van der Waals surface area (Å²) in [4.78, 5) is 15.4. The second-order valence-corrected chi connectivity index (χ2v) is 8.99. The number of pyridine rings is 1. The first-order chi connectivity index (χ1) is 14.9. The van der Waals surface area contributed by atoms with E-state index in [9.17, 15) is 18.3 Å². The van der Waals surface area contributed by atoms with Crippen LogP contribution in [-0.4, -0.2) is 49.5 Å². The molecule has 0 fully saturated rings. The Balaban J connectivity index is 1.73. The van der Waals surface area contributed by atoms with Crippen LogP contribution in [0, 0.1) is 0 Å². The molecular formula is C22H30N2O6S. The molecule has 1 aromatic carbocycles. The second kappa shape index (κ2) is 12.9. The monoisotopic (exact) mass is 450 g/mol. The van der Waals surface area contributed by atoms with Crippen LogP contribution in [0.15, 0.2) is 48.8 Å². The van der Waals surface area contributed by atoms with Gasteiger partial charge < -0.3 is 14.6 Å². The highest BCUT2D eigenvalue weighted by atomic mass is 32.2. The Labute approximate surface area is 183 Å². The number of hydrogen-bond donors (Lipinski definition) is 2. The van der Waals surface area contributed by atoms with E-state index in [4.69, 9.17) is 9.47 Å². The highest BCUT2D eigenvalue weighted by molar-refractivity contribution is 7.89. The van der Waals surface area contributed by atoms with Crippen LogP contribution in [0.5, 0.6) is 11.5 Å². The Kier molecular flexibility index (Phi) is 10.3. The number of carboxylic acids is 1. The van der Waals surface area contributed by atoms with Gasteiger partial charge in [0.2, 0.25) is 10.0 Å². The van der Waals surface area contributed by atoms with E-state index in [1.54, 1.807) is 36.7 Å². The van der Waals surface area contributed by atoms with Crippen molar-refractivity contribution in [3.05, 3.63) is 54.4 Å². The number of unbranched alkanes of at least 4 members (excludes halogenated alkanes) is 2. The molecule has 2 aromatic rings. The molecule has 2 N–H and O–H groups in total. The summed E-state index contributed by atoms with van der Waals surface area (Å²) in [5, 5.41) is 9.37. The predicted octanol–water partition coefficient (Wildman–Crippen LogP) is 3.03. The van der Waals surface area contributed by atoms with Crippen LogP contribution in [0.3, 0.4) is 0 Å². The highest BCUT2D eigenvalue weighted by Gasteiger charge is 2.24. The van der Waals surface area contributed by atoms with Gasteiger partial charge in [0.1, 0.15) is 17.5 Å². The standard InChI is InChI=1S/C22H30N2O6S/c1-2-3-16-31(27,28)24-21(22(25)26)17-18-6-8-19(9-7-18)29-14-4-5-15-30-20-10-12-23-13-11-20/h6-13,21,24H,2-5,14-17H2,1H3,(H,25,26). The van der Waals surface area contributed by atoms with Gasteiger partial charge in [0.05, 0.1) is 19.0 Å². The molecule has 9 heteroatoms. The van der Waals surface area contributed by atoms with Crippen LogP contribution in [-0.2, 0) is 21.2 Å². The third-order valence-electron chi connectivity index (χ3n) is 4.48. The molecule has 8 nitrogen and oxygen atoms in total. The zero-order chi connectivity index (χ0) is 22.5. The van der Waals surface area contributed by atoms with E-state index < -0.39 is 22.0 Å². The molecule has 31 heavy (non-hydrogen) atoms. The molecule has 0 saturated heterocycles. The topological polar surface area (TPSA) is 115 Å². The van der Waals surface area contributed by atoms with Gasteiger partial charge >= 0.3 is 5.97 Å². The lowest BCUT2D eigenvalue weighted by atomic mass is 10.1. The summed E-state index contributed by atoms with van der Waals surface area (Å²) in [5.74, 6) is 0.190. The van der Waals surface area contributed by atoms with Gasteiger partial charge in [0.15, 0.2) is 0 Å². The number of hydrogen-bond acceptors (Lipinski definition) is 6. The third-order valence-corrected chi connectivity index (χ3v) is 5.95. The molecular weight excluding hydrogens is 420 g/mol. The molecule has 2 rings (SSSR count). The lowest BCUT2D eigenvalue weighted by Crippen LogP contribution is -2.43. The normalized spacial score (nSPS) is 12.3. The molecule has 1 aromatic heterocycles. The van der Waals surface area contributed by atoms with E-state index in [1.165, 1.54) is 0 Å². The van der Waals surface area contributed by atoms with Crippen molar-refractivity contribution in [2.75, 3.05) is 19.0 Å². The number of aliphatic carboxylic acids is 1. The van der Waals surface area contributed by atoms with Crippen molar-refractivity contribution in [1.82, 2.24) is 9.71 Å². The molecule has 0 aliphatic carbocycles. The highest BCUT2D eigenvalue weighted by Crippen LogP contribution is 2.15. The lowest BCUT2D eigenvalue weighted by Gasteiger charge is -2.15. The summed E-state index contributed by atoms with van der Waals surface area (Å²) < 4.78 is 37.6. The fourth-order valence-corrected chi connectivity index (χ4v) is 4.17. The first-order valence-electron chi connectivity index (χ1n) is 10.4. The second-order valence-electron chi connectivity index (χ2n) is 7.12. The summed E-state index contributed by atoms with van der Waals surface area (Å²) in [6.45, 7) is 3.01. The van der Waals surface area contributed by atoms with E-state index in [0.29, 0.717) is 30.9 Å². The Morgan fingerprint density at radius 3 is 2.13 bits per heavy atom. The number of benzene rings is 1. The van der Waals surface area contributed by atoms with Gasteiger partial charge in [0.25, 0.3) is 0 Å². The van der Waals surface area contributed by atoms with Gasteiger partial charge in [-0.3, -0.25) is 9.78 Å². The number of carboxylic acid groups (broad SMARTS) is 1. The zero-order valence-corrected chi connectivity index (χ0v) is 18.5. The fraction of sp³-hybridized carbons (Fsp3) is 0.455. The number of carbonyl (C=O) groups is 1. The van der Waals surface area contributed by atoms with Crippen molar-refractivity contribution in [2.45, 2.75) is 45.1 Å². The minimum absolute atomic E-state index is 0.0628. The average molecular weight is 451 g/mol. The molecule has 0 spiro atoms. The Morgan fingerprint density at radius 1 is 1.00 bits per heavy atom. The first-order valence-corrected chi connectivity index (χ1v) is 12.0. The number of aromatic nitrogens is 1. The summed E-state index contributed by atoms with van der Waals surface area (Å²) in [7, 11) is -3.62. The number of ether oxygens (including phenoxy) is 2. The van der Waals surface area contributed by atoms with Crippen molar-refractivity contribution >= 4 is 16.0 Å². The molecule has 0 bridgehead atoms. The van der Waals surface area contributed by atoms with Gasteiger partial charge in [-0.15, -0.1) is 0 Å². The van der Waals surface area contributed by atoms with Crippen LogP contribution in [0.25, 0.3) is 0 Å².